The molecule has 0 bridgehead atoms. The summed E-state index contributed by atoms with van der Waals surface area (Å²) < 4.78 is 10.3. The third kappa shape index (κ3) is 3.63. The zero-order valence-electron chi connectivity index (χ0n) is 12.3. The number of carbonyl (C=O) groups is 2. The zero-order valence-corrected chi connectivity index (χ0v) is 12.3. The van der Waals surface area contributed by atoms with Crippen LogP contribution in [0.2, 0.25) is 0 Å². The van der Waals surface area contributed by atoms with Crippen LogP contribution in [0.15, 0.2) is 42.5 Å². The molecule has 0 amide bonds. The first kappa shape index (κ1) is 15.6. The molecule has 0 radical (unpaired) electrons. The van der Waals surface area contributed by atoms with Crippen LogP contribution in [-0.4, -0.2) is 24.0 Å². The lowest BCUT2D eigenvalue weighted by Crippen LogP contribution is -2.09. The molecular weight excluding hydrogens is 284 g/mol. The van der Waals surface area contributed by atoms with Crippen molar-refractivity contribution in [3.63, 3.8) is 0 Å². The SMILES string of the molecule is COC(=O)c1cc(OCc2ccc(O)cc2)ccc1C(C)=O. The lowest BCUT2D eigenvalue weighted by molar-refractivity contribution is 0.0596. The van der Waals surface area contributed by atoms with E-state index in [-0.39, 0.29) is 23.7 Å². The van der Waals surface area contributed by atoms with Gasteiger partial charge in [-0.3, -0.25) is 4.79 Å². The molecule has 2 aromatic rings. The second kappa shape index (κ2) is 6.76. The first-order chi connectivity index (χ1) is 10.5. The average molecular weight is 300 g/mol. The molecule has 0 saturated heterocycles. The molecule has 22 heavy (non-hydrogen) atoms. The maximum atomic E-state index is 11.7. The topological polar surface area (TPSA) is 72.8 Å². The number of methoxy groups -OCH3 is 1. The van der Waals surface area contributed by atoms with Crippen molar-refractivity contribution in [3.8, 4) is 11.5 Å². The van der Waals surface area contributed by atoms with Gasteiger partial charge in [-0.1, -0.05) is 12.1 Å². The van der Waals surface area contributed by atoms with Gasteiger partial charge >= 0.3 is 5.97 Å². The molecule has 114 valence electrons. The average Bonchev–Trinajstić information content (AvgIpc) is 2.53. The van der Waals surface area contributed by atoms with Crippen molar-refractivity contribution in [2.24, 2.45) is 0 Å². The Morgan fingerprint density at radius 1 is 1.05 bits per heavy atom. The van der Waals surface area contributed by atoms with Crippen LogP contribution >= 0.6 is 0 Å². The summed E-state index contributed by atoms with van der Waals surface area (Å²) >= 11 is 0. The molecule has 0 unspecified atom stereocenters. The van der Waals surface area contributed by atoms with E-state index in [1.54, 1.807) is 36.4 Å². The summed E-state index contributed by atoms with van der Waals surface area (Å²) in [5.74, 6) is -0.160. The molecule has 0 heterocycles. The smallest absolute Gasteiger partial charge is 0.338 e. The summed E-state index contributed by atoms with van der Waals surface area (Å²) in [5.41, 5.74) is 1.34. The van der Waals surface area contributed by atoms with E-state index in [1.165, 1.54) is 20.1 Å². The summed E-state index contributed by atoms with van der Waals surface area (Å²) in [6.07, 6.45) is 0. The van der Waals surface area contributed by atoms with Gasteiger partial charge in [0.15, 0.2) is 5.78 Å². The van der Waals surface area contributed by atoms with Crippen molar-refractivity contribution < 1.29 is 24.2 Å². The lowest BCUT2D eigenvalue weighted by atomic mass is 10.0. The number of ketones is 1. The predicted octanol–water partition coefficient (Wildman–Crippen LogP) is 2.96. The van der Waals surface area contributed by atoms with Crippen molar-refractivity contribution >= 4 is 11.8 Å². The third-order valence-electron chi connectivity index (χ3n) is 3.12. The molecule has 0 aromatic heterocycles. The first-order valence-electron chi connectivity index (χ1n) is 6.65. The number of hydrogen-bond donors (Lipinski definition) is 1. The largest absolute Gasteiger partial charge is 0.508 e. The van der Waals surface area contributed by atoms with Gasteiger partial charge in [0, 0.05) is 5.56 Å². The van der Waals surface area contributed by atoms with Crippen LogP contribution in [0.1, 0.15) is 33.2 Å². The Morgan fingerprint density at radius 3 is 2.32 bits per heavy atom. The second-order valence-corrected chi connectivity index (χ2v) is 4.71. The molecule has 2 aromatic carbocycles. The number of ether oxygens (including phenoxy) is 2. The van der Waals surface area contributed by atoms with Crippen LogP contribution < -0.4 is 4.74 Å². The van der Waals surface area contributed by atoms with E-state index in [9.17, 15) is 14.7 Å². The van der Waals surface area contributed by atoms with E-state index in [4.69, 9.17) is 4.74 Å². The van der Waals surface area contributed by atoms with Crippen LogP contribution in [0.5, 0.6) is 11.5 Å². The number of rotatable bonds is 5. The molecule has 0 saturated carbocycles. The number of esters is 1. The van der Waals surface area contributed by atoms with Crippen LogP contribution in [-0.2, 0) is 11.3 Å². The number of phenolic OH excluding ortho intramolecular Hbond substituents is 1. The Kier molecular flexibility index (Phi) is 4.78. The molecule has 1 N–H and O–H groups in total. The van der Waals surface area contributed by atoms with E-state index in [0.29, 0.717) is 11.3 Å². The highest BCUT2D eigenvalue weighted by Gasteiger charge is 2.16. The Morgan fingerprint density at radius 2 is 1.73 bits per heavy atom. The Bertz CT molecular complexity index is 689. The summed E-state index contributed by atoms with van der Waals surface area (Å²) in [5, 5.41) is 9.22. The molecule has 0 fully saturated rings. The highest BCUT2D eigenvalue weighted by molar-refractivity contribution is 6.05. The maximum absolute atomic E-state index is 11.7. The van der Waals surface area contributed by atoms with Crippen molar-refractivity contribution in [1.82, 2.24) is 0 Å². The number of aromatic hydroxyl groups is 1. The molecule has 0 aliphatic carbocycles. The minimum atomic E-state index is -0.583. The van der Waals surface area contributed by atoms with E-state index in [1.807, 2.05) is 0 Å². The lowest BCUT2D eigenvalue weighted by Gasteiger charge is -2.10. The normalized spacial score (nSPS) is 10.1. The predicted molar refractivity (Wildman–Crippen MR) is 80.2 cm³/mol. The van der Waals surface area contributed by atoms with Crippen LogP contribution in [0.4, 0.5) is 0 Å². The molecular formula is C17H16O5. The van der Waals surface area contributed by atoms with Gasteiger partial charge in [-0.15, -0.1) is 0 Å². The van der Waals surface area contributed by atoms with E-state index in [0.717, 1.165) is 5.56 Å². The number of phenols is 1. The number of hydrogen-bond acceptors (Lipinski definition) is 5. The quantitative estimate of drug-likeness (QED) is 0.679. The van der Waals surface area contributed by atoms with Crippen LogP contribution in [0, 0.1) is 0 Å². The maximum Gasteiger partial charge on any atom is 0.338 e. The van der Waals surface area contributed by atoms with E-state index in [2.05, 4.69) is 4.74 Å². The van der Waals surface area contributed by atoms with Crippen molar-refractivity contribution in [1.29, 1.82) is 0 Å². The molecule has 0 aliphatic rings. The number of Topliss-reactive ketones (excluding diaryl/α,β-unsaturated/α-hetero) is 1. The summed E-state index contributed by atoms with van der Waals surface area (Å²) in [7, 11) is 1.26. The highest BCUT2D eigenvalue weighted by atomic mass is 16.5. The zero-order chi connectivity index (χ0) is 16.1. The van der Waals surface area contributed by atoms with Crippen molar-refractivity contribution in [3.05, 3.63) is 59.2 Å². The number of benzene rings is 2. The van der Waals surface area contributed by atoms with Gasteiger partial charge in [-0.2, -0.15) is 0 Å². The minimum absolute atomic E-state index is 0.179. The van der Waals surface area contributed by atoms with E-state index < -0.39 is 5.97 Å². The Balaban J connectivity index is 2.19. The first-order valence-corrected chi connectivity index (χ1v) is 6.65. The number of carbonyl (C=O) groups excluding carboxylic acids is 2. The van der Waals surface area contributed by atoms with Crippen LogP contribution in [0.25, 0.3) is 0 Å². The van der Waals surface area contributed by atoms with Gasteiger partial charge < -0.3 is 14.6 Å². The standard InChI is InChI=1S/C17H16O5/c1-11(18)15-8-7-14(9-16(15)17(20)21-2)22-10-12-3-5-13(19)6-4-12/h3-9,19H,10H2,1-2H3. The fourth-order valence-electron chi connectivity index (χ4n) is 1.96. The van der Waals surface area contributed by atoms with Crippen molar-refractivity contribution in [2.45, 2.75) is 13.5 Å². The Hall–Kier alpha value is -2.82. The molecule has 5 heteroatoms. The van der Waals surface area contributed by atoms with Gasteiger partial charge in [0.1, 0.15) is 18.1 Å². The van der Waals surface area contributed by atoms with Crippen molar-refractivity contribution in [2.75, 3.05) is 7.11 Å². The van der Waals surface area contributed by atoms with E-state index >= 15 is 0 Å². The Labute approximate surface area is 128 Å². The second-order valence-electron chi connectivity index (χ2n) is 4.71. The molecule has 0 spiro atoms. The molecule has 5 nitrogen and oxygen atoms in total. The monoisotopic (exact) mass is 300 g/mol. The van der Waals surface area contributed by atoms with Gasteiger partial charge in [0.25, 0.3) is 0 Å². The third-order valence-corrected chi connectivity index (χ3v) is 3.12. The highest BCUT2D eigenvalue weighted by Crippen LogP contribution is 2.21. The molecule has 0 atom stereocenters. The summed E-state index contributed by atoms with van der Waals surface area (Å²) in [6, 6.07) is 11.3. The summed E-state index contributed by atoms with van der Waals surface area (Å²) in [4.78, 5) is 23.3. The van der Waals surface area contributed by atoms with Gasteiger partial charge in [0.05, 0.1) is 12.7 Å². The fourth-order valence-corrected chi connectivity index (χ4v) is 1.96. The molecule has 2 rings (SSSR count). The fraction of sp³-hybridized carbons (Fsp3) is 0.176. The molecule has 0 aliphatic heterocycles. The van der Waals surface area contributed by atoms with Gasteiger partial charge in [-0.05, 0) is 42.8 Å². The summed E-state index contributed by atoms with van der Waals surface area (Å²) in [6.45, 7) is 1.67. The van der Waals surface area contributed by atoms with Crippen LogP contribution in [0.3, 0.4) is 0 Å². The van der Waals surface area contributed by atoms with Gasteiger partial charge in [-0.25, -0.2) is 4.79 Å². The van der Waals surface area contributed by atoms with Gasteiger partial charge in [0.2, 0.25) is 0 Å². The minimum Gasteiger partial charge on any atom is -0.508 e.